The molecule has 0 fully saturated rings. The van der Waals surface area contributed by atoms with Crippen LogP contribution in [0.25, 0.3) is 0 Å². The quantitative estimate of drug-likeness (QED) is 0.533. The Balaban J connectivity index is 2.45. The maximum Gasteiger partial charge on any atom is 0.0517 e. The maximum absolute atomic E-state index is 4.46. The summed E-state index contributed by atoms with van der Waals surface area (Å²) >= 11 is 0. The first-order chi connectivity index (χ1) is 7.29. The van der Waals surface area contributed by atoms with Crippen molar-refractivity contribution in [1.29, 1.82) is 0 Å². The molecule has 4 heteroatoms. The van der Waals surface area contributed by atoms with E-state index in [9.17, 15) is 0 Å². The number of nitrogens with one attached hydrogen (secondary N) is 3. The molecule has 0 atom stereocenters. The fourth-order valence-corrected chi connectivity index (χ4v) is 1.50. The molecule has 1 aliphatic heterocycles. The van der Waals surface area contributed by atoms with Crippen molar-refractivity contribution in [3.63, 3.8) is 0 Å². The van der Waals surface area contributed by atoms with Crippen LogP contribution in [0.1, 0.15) is 13.8 Å². The van der Waals surface area contributed by atoms with Gasteiger partial charge in [-0.1, -0.05) is 0 Å². The molecule has 0 saturated carbocycles. The second-order valence-electron chi connectivity index (χ2n) is 3.78. The third kappa shape index (κ3) is 6.25. The summed E-state index contributed by atoms with van der Waals surface area (Å²) in [5, 5.41) is 10.1. The van der Waals surface area contributed by atoms with Crippen molar-refractivity contribution in [3.05, 3.63) is 11.8 Å². The number of allylic oxidation sites excluding steroid dienone is 2. The van der Waals surface area contributed by atoms with E-state index >= 15 is 0 Å². The van der Waals surface area contributed by atoms with Crippen LogP contribution in [0.2, 0.25) is 0 Å². The molecule has 3 N–H and O–H groups in total. The van der Waals surface area contributed by atoms with Gasteiger partial charge in [0.15, 0.2) is 0 Å². The standard InChI is InChI=1S/C11H22N4/c1-10-9-11(2)15-8-6-13-4-3-12-5-7-14-10/h9,12-14H,3-8H2,1-2H3/b10-9-,15-11?. The fraction of sp³-hybridized carbons (Fsp3) is 0.727. The number of aliphatic imine (C=N–C) groups is 1. The summed E-state index contributed by atoms with van der Waals surface area (Å²) in [6.07, 6.45) is 2.10. The van der Waals surface area contributed by atoms with Gasteiger partial charge in [-0.05, 0) is 19.9 Å². The Morgan fingerprint density at radius 2 is 1.67 bits per heavy atom. The lowest BCUT2D eigenvalue weighted by Gasteiger charge is -2.07. The van der Waals surface area contributed by atoms with Crippen LogP contribution in [0.15, 0.2) is 16.8 Å². The van der Waals surface area contributed by atoms with E-state index in [2.05, 4.69) is 33.9 Å². The zero-order valence-electron chi connectivity index (χ0n) is 9.77. The zero-order chi connectivity index (χ0) is 10.9. The van der Waals surface area contributed by atoms with Crippen molar-refractivity contribution in [3.8, 4) is 0 Å². The van der Waals surface area contributed by atoms with Gasteiger partial charge in [0.1, 0.15) is 0 Å². The minimum absolute atomic E-state index is 0.857. The van der Waals surface area contributed by atoms with E-state index in [1.807, 2.05) is 6.92 Å². The van der Waals surface area contributed by atoms with E-state index in [1.54, 1.807) is 0 Å². The second kappa shape index (κ2) is 7.43. The zero-order valence-corrected chi connectivity index (χ0v) is 9.77. The minimum atomic E-state index is 0.857. The average Bonchev–Trinajstić information content (AvgIpc) is 2.21. The highest BCUT2D eigenvalue weighted by Gasteiger charge is 1.93. The summed E-state index contributed by atoms with van der Waals surface area (Å²) in [7, 11) is 0. The number of rotatable bonds is 0. The van der Waals surface area contributed by atoms with Gasteiger partial charge < -0.3 is 16.0 Å². The van der Waals surface area contributed by atoms with Gasteiger partial charge in [0, 0.05) is 44.1 Å². The fourth-order valence-electron chi connectivity index (χ4n) is 1.50. The lowest BCUT2D eigenvalue weighted by Crippen LogP contribution is -2.32. The third-order valence-corrected chi connectivity index (χ3v) is 2.26. The lowest BCUT2D eigenvalue weighted by molar-refractivity contribution is 0.604. The Hall–Kier alpha value is -0.870. The summed E-state index contributed by atoms with van der Waals surface area (Å²) < 4.78 is 0. The molecule has 1 aliphatic rings. The molecule has 0 aromatic rings. The van der Waals surface area contributed by atoms with Crippen LogP contribution in [0, 0.1) is 0 Å². The SMILES string of the molecule is CC1=NCCNCCNCCN/C(C)=C\1. The Bertz CT molecular complexity index is 233. The van der Waals surface area contributed by atoms with Gasteiger partial charge >= 0.3 is 0 Å². The highest BCUT2D eigenvalue weighted by atomic mass is 15.0. The molecule has 0 aromatic carbocycles. The summed E-state index contributed by atoms with van der Waals surface area (Å²) in [6, 6.07) is 0. The molecule has 15 heavy (non-hydrogen) atoms. The average molecular weight is 210 g/mol. The molecule has 0 unspecified atom stereocenters. The second-order valence-corrected chi connectivity index (χ2v) is 3.78. The first-order valence-electron chi connectivity index (χ1n) is 5.63. The lowest BCUT2D eigenvalue weighted by atomic mass is 10.3. The molecule has 86 valence electrons. The van der Waals surface area contributed by atoms with Crippen molar-refractivity contribution in [2.75, 3.05) is 39.3 Å². The maximum atomic E-state index is 4.46. The molecule has 0 amide bonds. The van der Waals surface area contributed by atoms with Crippen molar-refractivity contribution in [1.82, 2.24) is 16.0 Å². The molecule has 0 aliphatic carbocycles. The van der Waals surface area contributed by atoms with E-state index in [1.165, 1.54) is 5.70 Å². The van der Waals surface area contributed by atoms with Gasteiger partial charge in [-0.15, -0.1) is 0 Å². The van der Waals surface area contributed by atoms with Crippen molar-refractivity contribution >= 4 is 5.71 Å². The van der Waals surface area contributed by atoms with Gasteiger partial charge in [0.2, 0.25) is 0 Å². The predicted octanol–water partition coefficient (Wildman–Crippen LogP) is 0.134. The Morgan fingerprint density at radius 1 is 1.00 bits per heavy atom. The van der Waals surface area contributed by atoms with Crippen LogP contribution in [0.3, 0.4) is 0 Å². The molecule has 0 radical (unpaired) electrons. The Labute approximate surface area is 92.2 Å². The van der Waals surface area contributed by atoms with Crippen LogP contribution in [0.4, 0.5) is 0 Å². The molecule has 0 spiro atoms. The van der Waals surface area contributed by atoms with Gasteiger partial charge in [0.25, 0.3) is 0 Å². The predicted molar refractivity (Wildman–Crippen MR) is 65.5 cm³/mol. The summed E-state index contributed by atoms with van der Waals surface area (Å²) in [5.41, 5.74) is 2.28. The largest absolute Gasteiger partial charge is 0.387 e. The van der Waals surface area contributed by atoms with Gasteiger partial charge in [0.05, 0.1) is 6.54 Å². The molecule has 0 aromatic heterocycles. The summed E-state index contributed by atoms with van der Waals surface area (Å²) in [4.78, 5) is 4.46. The topological polar surface area (TPSA) is 48.5 Å². The van der Waals surface area contributed by atoms with Crippen LogP contribution in [0.5, 0.6) is 0 Å². The molecule has 0 bridgehead atoms. The molecule has 0 saturated heterocycles. The molecule has 1 rings (SSSR count). The Morgan fingerprint density at radius 3 is 2.47 bits per heavy atom. The molecule has 4 nitrogen and oxygen atoms in total. The Kier molecular flexibility index (Phi) is 6.04. The summed E-state index contributed by atoms with van der Waals surface area (Å²) in [6.45, 7) is 9.95. The smallest absolute Gasteiger partial charge is 0.0517 e. The van der Waals surface area contributed by atoms with Crippen LogP contribution in [-0.2, 0) is 0 Å². The minimum Gasteiger partial charge on any atom is -0.387 e. The van der Waals surface area contributed by atoms with Gasteiger partial charge in [-0.2, -0.15) is 0 Å². The highest BCUT2D eigenvalue weighted by Crippen LogP contribution is 1.89. The number of hydrogen-bond donors (Lipinski definition) is 3. The molecule has 1 heterocycles. The first kappa shape index (κ1) is 12.2. The molecular weight excluding hydrogens is 188 g/mol. The van der Waals surface area contributed by atoms with E-state index < -0.39 is 0 Å². The van der Waals surface area contributed by atoms with E-state index in [-0.39, 0.29) is 0 Å². The monoisotopic (exact) mass is 210 g/mol. The van der Waals surface area contributed by atoms with Crippen molar-refractivity contribution in [2.45, 2.75) is 13.8 Å². The third-order valence-electron chi connectivity index (χ3n) is 2.26. The van der Waals surface area contributed by atoms with Crippen LogP contribution in [-0.4, -0.2) is 45.0 Å². The van der Waals surface area contributed by atoms with Gasteiger partial charge in [-0.25, -0.2) is 0 Å². The van der Waals surface area contributed by atoms with E-state index in [4.69, 9.17) is 0 Å². The van der Waals surface area contributed by atoms with Crippen molar-refractivity contribution in [2.24, 2.45) is 4.99 Å². The summed E-state index contributed by atoms with van der Waals surface area (Å²) in [5.74, 6) is 0. The van der Waals surface area contributed by atoms with Gasteiger partial charge in [-0.3, -0.25) is 4.99 Å². The number of hydrogen-bond acceptors (Lipinski definition) is 4. The van der Waals surface area contributed by atoms with Crippen LogP contribution < -0.4 is 16.0 Å². The normalized spacial score (nSPS) is 24.7. The van der Waals surface area contributed by atoms with E-state index in [0.717, 1.165) is 45.0 Å². The van der Waals surface area contributed by atoms with Crippen LogP contribution >= 0.6 is 0 Å². The van der Waals surface area contributed by atoms with Crippen molar-refractivity contribution < 1.29 is 0 Å². The number of nitrogens with zero attached hydrogens (tertiary/aromatic N) is 1. The molecular formula is C11H22N4. The highest BCUT2D eigenvalue weighted by molar-refractivity contribution is 5.93. The first-order valence-corrected chi connectivity index (χ1v) is 5.63. The van der Waals surface area contributed by atoms with E-state index in [0.29, 0.717) is 0 Å².